The number of halogens is 3. The SMILES string of the molecule is CN(C(=O)C1=C[C@H]2OC(c3ccccc3)(c3ccccc3)O[C@H]2[C@H](OC(=O)c2cccc(C=CC(=O)OCC(F)(F)F)c2)C1)[C@H](Cc1ccccc1)C(=O)N[C@H](CO)CCC(=O)OC(C)(C)C. The van der Waals surface area contributed by atoms with Gasteiger partial charge >= 0.3 is 24.1 Å². The lowest BCUT2D eigenvalue weighted by atomic mass is 9.90. The summed E-state index contributed by atoms with van der Waals surface area (Å²) in [6.07, 6.45) is -4.33. The highest BCUT2D eigenvalue weighted by Gasteiger charge is 2.55. The van der Waals surface area contributed by atoms with E-state index in [0.717, 1.165) is 11.6 Å². The zero-order valence-corrected chi connectivity index (χ0v) is 37.4. The molecule has 0 bridgehead atoms. The summed E-state index contributed by atoms with van der Waals surface area (Å²) in [4.78, 5) is 68.8. The third-order valence-corrected chi connectivity index (χ3v) is 10.9. The first-order chi connectivity index (χ1) is 31.8. The largest absolute Gasteiger partial charge is 0.460 e. The number of rotatable bonds is 17. The smallest absolute Gasteiger partial charge is 0.422 e. The second kappa shape index (κ2) is 21.8. The fraction of sp³-hybridized carbons (Fsp3) is 0.353. The molecule has 2 N–H and O–H groups in total. The van der Waals surface area contributed by atoms with Gasteiger partial charge in [-0.1, -0.05) is 103 Å². The molecule has 13 nitrogen and oxygen atoms in total. The Morgan fingerprint density at radius 2 is 1.51 bits per heavy atom. The van der Waals surface area contributed by atoms with Crippen molar-refractivity contribution in [3.63, 3.8) is 0 Å². The summed E-state index contributed by atoms with van der Waals surface area (Å²) in [5.74, 6) is -5.28. The molecular formula is C51H53F3N2O11. The van der Waals surface area contributed by atoms with Gasteiger partial charge in [0.15, 0.2) is 6.61 Å². The zero-order chi connectivity index (χ0) is 48.4. The molecule has 1 aliphatic heterocycles. The lowest BCUT2D eigenvalue weighted by Crippen LogP contribution is -2.53. The minimum atomic E-state index is -4.70. The Kier molecular flexibility index (Phi) is 16.2. The van der Waals surface area contributed by atoms with E-state index in [2.05, 4.69) is 10.1 Å². The summed E-state index contributed by atoms with van der Waals surface area (Å²) in [5, 5.41) is 13.1. The number of esters is 3. The normalized spacial score (nSPS) is 18.7. The maximum Gasteiger partial charge on any atom is 0.422 e. The average molecular weight is 927 g/mol. The van der Waals surface area contributed by atoms with E-state index in [-0.39, 0.29) is 42.4 Å². The third kappa shape index (κ3) is 13.5. The van der Waals surface area contributed by atoms with E-state index in [4.69, 9.17) is 18.9 Å². The van der Waals surface area contributed by atoms with E-state index in [0.29, 0.717) is 11.1 Å². The van der Waals surface area contributed by atoms with Crippen molar-refractivity contribution in [2.24, 2.45) is 0 Å². The van der Waals surface area contributed by atoms with Gasteiger partial charge in [-0.15, -0.1) is 0 Å². The predicted octanol–water partition coefficient (Wildman–Crippen LogP) is 7.01. The number of carbonyl (C=O) groups excluding carboxylic acids is 5. The number of carbonyl (C=O) groups is 5. The molecule has 354 valence electrons. The summed E-state index contributed by atoms with van der Waals surface area (Å²) in [5.41, 5.74) is 1.70. The van der Waals surface area contributed by atoms with Crippen LogP contribution in [-0.4, -0.2) is 102 Å². The number of fused-ring (bicyclic) bond motifs is 1. The lowest BCUT2D eigenvalue weighted by molar-refractivity contribution is -0.182. The minimum Gasteiger partial charge on any atom is -0.460 e. The van der Waals surface area contributed by atoms with Crippen LogP contribution in [0.25, 0.3) is 6.08 Å². The summed E-state index contributed by atoms with van der Waals surface area (Å²) >= 11 is 0. The molecule has 16 heteroatoms. The van der Waals surface area contributed by atoms with Gasteiger partial charge < -0.3 is 39.0 Å². The van der Waals surface area contributed by atoms with Crippen molar-refractivity contribution in [2.75, 3.05) is 20.3 Å². The molecule has 0 unspecified atom stereocenters. The highest BCUT2D eigenvalue weighted by atomic mass is 19.4. The second-order valence-electron chi connectivity index (χ2n) is 17.2. The summed E-state index contributed by atoms with van der Waals surface area (Å²) in [6, 6.07) is 31.2. The van der Waals surface area contributed by atoms with Gasteiger partial charge in [-0.05, 0) is 62.6 Å². The number of alkyl halides is 3. The quantitative estimate of drug-likeness (QED) is 0.0635. The van der Waals surface area contributed by atoms with Gasteiger partial charge in [-0.25, -0.2) is 9.59 Å². The number of hydrogen-bond acceptors (Lipinski definition) is 11. The Balaban J connectivity index is 1.30. The molecule has 0 radical (unpaired) electrons. The van der Waals surface area contributed by atoms with Crippen LogP contribution in [0.4, 0.5) is 13.2 Å². The van der Waals surface area contributed by atoms with Gasteiger partial charge in [-0.2, -0.15) is 13.2 Å². The molecule has 4 aromatic carbocycles. The van der Waals surface area contributed by atoms with E-state index < -0.39 is 90.9 Å². The third-order valence-electron chi connectivity index (χ3n) is 10.9. The van der Waals surface area contributed by atoms with E-state index in [9.17, 15) is 42.3 Å². The minimum absolute atomic E-state index is 0.0166. The van der Waals surface area contributed by atoms with Crippen molar-refractivity contribution in [3.8, 4) is 0 Å². The number of aliphatic hydroxyl groups excluding tert-OH is 1. The van der Waals surface area contributed by atoms with E-state index in [1.165, 1.54) is 42.3 Å². The van der Waals surface area contributed by atoms with Crippen LogP contribution in [0.5, 0.6) is 0 Å². The molecule has 0 aromatic heterocycles. The number of aliphatic hydroxyl groups is 1. The molecular weight excluding hydrogens is 874 g/mol. The summed E-state index contributed by atoms with van der Waals surface area (Å²) in [6.45, 7) is 2.96. The molecule has 1 saturated heterocycles. The van der Waals surface area contributed by atoms with E-state index in [1.54, 1.807) is 39.0 Å². The number of amides is 2. The van der Waals surface area contributed by atoms with E-state index in [1.807, 2.05) is 78.9 Å². The van der Waals surface area contributed by atoms with Crippen LogP contribution in [0, 0.1) is 0 Å². The lowest BCUT2D eigenvalue weighted by Gasteiger charge is -2.34. The Morgan fingerprint density at radius 3 is 2.10 bits per heavy atom. The van der Waals surface area contributed by atoms with Gasteiger partial charge in [0, 0.05) is 49.1 Å². The first kappa shape index (κ1) is 49.8. The number of likely N-dealkylation sites (N-methyl/N-ethyl adjacent to an activating group) is 1. The Hall–Kier alpha value is -6.62. The van der Waals surface area contributed by atoms with E-state index >= 15 is 0 Å². The molecule has 1 fully saturated rings. The van der Waals surface area contributed by atoms with Crippen LogP contribution < -0.4 is 5.32 Å². The molecule has 1 heterocycles. The summed E-state index contributed by atoms with van der Waals surface area (Å²) < 4.78 is 67.2. The average Bonchev–Trinajstić information content (AvgIpc) is 3.72. The maximum absolute atomic E-state index is 14.8. The van der Waals surface area contributed by atoms with Crippen LogP contribution in [0.15, 0.2) is 133 Å². The molecule has 2 amide bonds. The van der Waals surface area contributed by atoms with Crippen molar-refractivity contribution in [1.29, 1.82) is 0 Å². The number of ether oxygens (including phenoxy) is 5. The van der Waals surface area contributed by atoms with Gasteiger partial charge in [0.2, 0.25) is 17.6 Å². The van der Waals surface area contributed by atoms with Crippen LogP contribution in [-0.2, 0) is 55.1 Å². The van der Waals surface area contributed by atoms with Crippen molar-refractivity contribution >= 4 is 35.8 Å². The standard InChI is InChI=1S/C51H53F3N2O11/c1-49(2,3)66-44(59)26-24-39(31-57)55-46(60)40(28-33-15-8-5-9-16-33)56(4)47(61)36-29-41(64-48(62)35-18-14-17-34(27-35)23-25-43(58)63-32-50(52,53)54)45-42(30-36)65-51(67-45,37-19-10-6-11-20-37)38-21-12-7-13-22-38/h5-23,25,27,30,39-42,45,57H,24,26,28-29,31-32H2,1-4H3,(H,55,60)/t39-,40+,41+,42+,45-/m0/s1. The number of benzene rings is 4. The zero-order valence-electron chi connectivity index (χ0n) is 37.4. The molecule has 67 heavy (non-hydrogen) atoms. The van der Waals surface area contributed by atoms with Crippen LogP contribution >= 0.6 is 0 Å². The Bertz CT molecular complexity index is 2380. The Labute approximate surface area is 386 Å². The van der Waals surface area contributed by atoms with Crippen LogP contribution in [0.2, 0.25) is 0 Å². The predicted molar refractivity (Wildman–Crippen MR) is 239 cm³/mol. The molecule has 1 aliphatic carbocycles. The van der Waals surface area contributed by atoms with Crippen LogP contribution in [0.3, 0.4) is 0 Å². The van der Waals surface area contributed by atoms with Gasteiger partial charge in [-0.3, -0.25) is 14.4 Å². The molecule has 2 aliphatic rings. The fourth-order valence-corrected chi connectivity index (χ4v) is 7.72. The monoisotopic (exact) mass is 926 g/mol. The van der Waals surface area contributed by atoms with Crippen molar-refractivity contribution in [2.45, 2.75) is 94.4 Å². The van der Waals surface area contributed by atoms with Gasteiger partial charge in [0.05, 0.1) is 18.2 Å². The number of nitrogens with one attached hydrogen (secondary N) is 1. The molecule has 4 aromatic rings. The molecule has 5 atom stereocenters. The number of hydrogen-bond donors (Lipinski definition) is 2. The number of nitrogens with zero attached hydrogens (tertiary/aromatic N) is 1. The molecule has 0 spiro atoms. The first-order valence-electron chi connectivity index (χ1n) is 21.7. The van der Waals surface area contributed by atoms with Crippen LogP contribution in [0.1, 0.15) is 72.6 Å². The second-order valence-corrected chi connectivity index (χ2v) is 17.2. The first-order valence-corrected chi connectivity index (χ1v) is 21.7. The highest BCUT2D eigenvalue weighted by molar-refractivity contribution is 5.97. The van der Waals surface area contributed by atoms with Gasteiger partial charge in [0.25, 0.3) is 0 Å². The van der Waals surface area contributed by atoms with Crippen molar-refractivity contribution in [3.05, 3.63) is 161 Å². The molecule has 0 saturated carbocycles. The molecule has 6 rings (SSSR count). The summed E-state index contributed by atoms with van der Waals surface area (Å²) in [7, 11) is 1.47. The van der Waals surface area contributed by atoms with Crippen molar-refractivity contribution < 1.29 is 65.9 Å². The van der Waals surface area contributed by atoms with Crippen molar-refractivity contribution in [1.82, 2.24) is 10.2 Å². The Morgan fingerprint density at radius 1 is 0.881 bits per heavy atom. The topological polar surface area (TPSA) is 167 Å². The fourth-order valence-electron chi connectivity index (χ4n) is 7.72. The highest BCUT2D eigenvalue weighted by Crippen LogP contribution is 2.47. The van der Waals surface area contributed by atoms with Gasteiger partial charge in [0.1, 0.15) is 30.0 Å². The maximum atomic E-state index is 14.8.